The zero-order valence-electron chi connectivity index (χ0n) is 13.2. The van der Waals surface area contributed by atoms with Crippen molar-refractivity contribution in [3.05, 3.63) is 63.4 Å². The van der Waals surface area contributed by atoms with Crippen LogP contribution in [0.2, 0.25) is 0 Å². The first-order valence-corrected chi connectivity index (χ1v) is 8.15. The number of benzene rings is 2. The highest BCUT2D eigenvalue weighted by molar-refractivity contribution is 9.10. The average Bonchev–Trinajstić information content (AvgIpc) is 2.52. The van der Waals surface area contributed by atoms with Crippen LogP contribution in [-0.4, -0.2) is 19.1 Å². The van der Waals surface area contributed by atoms with Crippen LogP contribution in [0.4, 0.5) is 4.39 Å². The van der Waals surface area contributed by atoms with Crippen LogP contribution in [0.3, 0.4) is 0 Å². The van der Waals surface area contributed by atoms with Gasteiger partial charge < -0.3 is 10.1 Å². The highest BCUT2D eigenvalue weighted by atomic mass is 79.9. The lowest BCUT2D eigenvalue weighted by Crippen LogP contribution is -2.30. The predicted octanol–water partition coefficient (Wildman–Crippen LogP) is 3.94. The van der Waals surface area contributed by atoms with E-state index in [1.165, 1.54) is 6.07 Å². The summed E-state index contributed by atoms with van der Waals surface area (Å²) in [5.74, 6) is 0.259. The van der Waals surface area contributed by atoms with Gasteiger partial charge in [-0.25, -0.2) is 4.39 Å². The van der Waals surface area contributed by atoms with E-state index in [1.807, 2.05) is 32.0 Å². The van der Waals surface area contributed by atoms with Crippen molar-refractivity contribution < 1.29 is 13.9 Å². The lowest BCUT2D eigenvalue weighted by molar-refractivity contribution is -0.123. The van der Waals surface area contributed by atoms with Gasteiger partial charge in [0.15, 0.2) is 6.61 Å². The van der Waals surface area contributed by atoms with Crippen LogP contribution in [0, 0.1) is 19.7 Å². The molecule has 1 N–H and O–H groups in total. The zero-order valence-corrected chi connectivity index (χ0v) is 14.7. The Hall–Kier alpha value is -1.88. The minimum atomic E-state index is -0.292. The van der Waals surface area contributed by atoms with E-state index in [0.29, 0.717) is 17.4 Å². The van der Waals surface area contributed by atoms with Gasteiger partial charge in [0.05, 0.1) is 4.47 Å². The molecule has 3 nitrogen and oxygen atoms in total. The summed E-state index contributed by atoms with van der Waals surface area (Å²) >= 11 is 3.15. The van der Waals surface area contributed by atoms with E-state index >= 15 is 0 Å². The normalized spacial score (nSPS) is 10.4. The molecular weight excluding hydrogens is 361 g/mol. The molecule has 0 fully saturated rings. The topological polar surface area (TPSA) is 38.3 Å². The second-order valence-electron chi connectivity index (χ2n) is 5.41. The molecule has 0 heterocycles. The van der Waals surface area contributed by atoms with Gasteiger partial charge >= 0.3 is 0 Å². The number of hydrogen-bond acceptors (Lipinski definition) is 2. The smallest absolute Gasteiger partial charge is 0.257 e. The number of halogens is 2. The first kappa shape index (κ1) is 17.5. The summed E-state index contributed by atoms with van der Waals surface area (Å²) < 4.78 is 19.1. The summed E-state index contributed by atoms with van der Waals surface area (Å²) in [7, 11) is 0. The third kappa shape index (κ3) is 5.36. The Morgan fingerprint density at radius 2 is 2.00 bits per heavy atom. The van der Waals surface area contributed by atoms with Gasteiger partial charge in [-0.05, 0) is 71.1 Å². The molecule has 2 rings (SSSR count). The second-order valence-corrected chi connectivity index (χ2v) is 6.26. The number of hydrogen-bond donors (Lipinski definition) is 1. The van der Waals surface area contributed by atoms with Gasteiger partial charge in [0, 0.05) is 6.54 Å². The van der Waals surface area contributed by atoms with Crippen molar-refractivity contribution in [3.8, 4) is 5.75 Å². The van der Waals surface area contributed by atoms with E-state index in [2.05, 4.69) is 21.2 Å². The Morgan fingerprint density at radius 3 is 2.74 bits per heavy atom. The van der Waals surface area contributed by atoms with Crippen LogP contribution in [0.5, 0.6) is 5.75 Å². The Bertz CT molecular complexity index is 703. The molecule has 122 valence electrons. The van der Waals surface area contributed by atoms with Gasteiger partial charge in [0.1, 0.15) is 11.6 Å². The fourth-order valence-electron chi connectivity index (χ4n) is 2.10. The molecule has 1 amide bonds. The predicted molar refractivity (Wildman–Crippen MR) is 92.2 cm³/mol. The number of carbonyl (C=O) groups is 1. The molecule has 0 saturated carbocycles. The molecule has 0 aliphatic heterocycles. The maximum absolute atomic E-state index is 13.1. The Kier molecular flexibility index (Phi) is 6.16. The summed E-state index contributed by atoms with van der Waals surface area (Å²) in [6.07, 6.45) is 0.633. The minimum Gasteiger partial charge on any atom is -0.483 e. The summed E-state index contributed by atoms with van der Waals surface area (Å²) in [5, 5.41) is 2.80. The lowest BCUT2D eigenvalue weighted by Gasteiger charge is -2.10. The van der Waals surface area contributed by atoms with Gasteiger partial charge in [-0.15, -0.1) is 0 Å². The van der Waals surface area contributed by atoms with Gasteiger partial charge in [-0.1, -0.05) is 18.2 Å². The van der Waals surface area contributed by atoms with E-state index in [1.54, 1.807) is 12.1 Å². The molecule has 2 aromatic rings. The summed E-state index contributed by atoms with van der Waals surface area (Å²) in [5.41, 5.74) is 3.04. The molecule has 0 spiro atoms. The van der Waals surface area contributed by atoms with E-state index in [9.17, 15) is 9.18 Å². The average molecular weight is 380 g/mol. The molecule has 0 aliphatic carbocycles. The first-order chi connectivity index (χ1) is 11.0. The summed E-state index contributed by atoms with van der Waals surface area (Å²) in [4.78, 5) is 11.8. The van der Waals surface area contributed by atoms with Crippen LogP contribution >= 0.6 is 15.9 Å². The van der Waals surface area contributed by atoms with Crippen molar-refractivity contribution in [3.63, 3.8) is 0 Å². The van der Waals surface area contributed by atoms with E-state index in [4.69, 9.17) is 4.74 Å². The molecule has 23 heavy (non-hydrogen) atoms. The van der Waals surface area contributed by atoms with Crippen LogP contribution in [-0.2, 0) is 11.2 Å². The first-order valence-electron chi connectivity index (χ1n) is 7.36. The van der Waals surface area contributed by atoms with Crippen LogP contribution in [0.1, 0.15) is 16.7 Å². The third-order valence-electron chi connectivity index (χ3n) is 3.42. The molecule has 0 bridgehead atoms. The van der Waals surface area contributed by atoms with Crippen molar-refractivity contribution in [2.75, 3.05) is 13.2 Å². The largest absolute Gasteiger partial charge is 0.483 e. The molecule has 5 heteroatoms. The van der Waals surface area contributed by atoms with Crippen LogP contribution in [0.15, 0.2) is 40.9 Å². The molecule has 0 atom stereocenters. The number of nitrogens with one attached hydrogen (secondary N) is 1. The van der Waals surface area contributed by atoms with Crippen molar-refractivity contribution in [1.29, 1.82) is 0 Å². The number of aryl methyl sites for hydroxylation is 2. The molecule has 0 unspecified atom stereocenters. The summed E-state index contributed by atoms with van der Waals surface area (Å²) in [6, 6.07) is 10.7. The summed E-state index contributed by atoms with van der Waals surface area (Å²) in [6.45, 7) is 4.39. The number of rotatable bonds is 6. The Labute approximate surface area is 144 Å². The Morgan fingerprint density at radius 1 is 1.22 bits per heavy atom. The fourth-order valence-corrected chi connectivity index (χ4v) is 2.52. The highest BCUT2D eigenvalue weighted by Crippen LogP contribution is 2.19. The van der Waals surface area contributed by atoms with Crippen molar-refractivity contribution in [2.45, 2.75) is 20.3 Å². The van der Waals surface area contributed by atoms with E-state index in [-0.39, 0.29) is 18.3 Å². The molecule has 0 radical (unpaired) electrons. The number of ether oxygens (including phenoxy) is 1. The quantitative estimate of drug-likeness (QED) is 0.825. The molecule has 0 aliphatic rings. The van der Waals surface area contributed by atoms with Gasteiger partial charge in [-0.2, -0.15) is 0 Å². The van der Waals surface area contributed by atoms with Crippen molar-refractivity contribution in [1.82, 2.24) is 5.32 Å². The number of carbonyl (C=O) groups excluding carboxylic acids is 1. The zero-order chi connectivity index (χ0) is 16.8. The van der Waals surface area contributed by atoms with Gasteiger partial charge in [0.2, 0.25) is 0 Å². The number of amides is 1. The maximum Gasteiger partial charge on any atom is 0.257 e. The minimum absolute atomic E-state index is 0.0165. The lowest BCUT2D eigenvalue weighted by atomic mass is 10.1. The highest BCUT2D eigenvalue weighted by Gasteiger charge is 2.06. The van der Waals surface area contributed by atoms with Gasteiger partial charge in [0.25, 0.3) is 5.91 Å². The second kappa shape index (κ2) is 8.11. The van der Waals surface area contributed by atoms with Crippen molar-refractivity contribution in [2.24, 2.45) is 0 Å². The fraction of sp³-hybridized carbons (Fsp3) is 0.278. The van der Waals surface area contributed by atoms with Crippen molar-refractivity contribution >= 4 is 21.8 Å². The van der Waals surface area contributed by atoms with E-state index in [0.717, 1.165) is 22.4 Å². The van der Waals surface area contributed by atoms with Crippen LogP contribution < -0.4 is 10.1 Å². The van der Waals surface area contributed by atoms with Gasteiger partial charge in [-0.3, -0.25) is 4.79 Å². The molecule has 0 saturated heterocycles. The van der Waals surface area contributed by atoms with E-state index < -0.39 is 0 Å². The monoisotopic (exact) mass is 379 g/mol. The maximum atomic E-state index is 13.1. The Balaban J connectivity index is 1.77. The standard InChI is InChI=1S/C18H19BrFNO2/c1-12-3-4-13(2)17(9-12)23-11-18(22)21-8-7-14-5-6-16(20)15(19)10-14/h3-6,9-10H,7-8,11H2,1-2H3,(H,21,22). The van der Waals surface area contributed by atoms with Crippen LogP contribution in [0.25, 0.3) is 0 Å². The molecule has 0 aromatic heterocycles. The molecular formula is C18H19BrFNO2. The third-order valence-corrected chi connectivity index (χ3v) is 4.03. The SMILES string of the molecule is Cc1ccc(C)c(OCC(=O)NCCc2ccc(F)c(Br)c2)c1. The molecule has 2 aromatic carbocycles.